The molecule has 1 amide bonds. The summed E-state index contributed by atoms with van der Waals surface area (Å²) in [7, 11) is 0. The van der Waals surface area contributed by atoms with Crippen molar-refractivity contribution in [1.29, 1.82) is 0 Å². The van der Waals surface area contributed by atoms with E-state index in [9.17, 15) is 4.79 Å². The molecular formula is C24H29N5O. The monoisotopic (exact) mass is 403 g/mol. The van der Waals surface area contributed by atoms with E-state index in [0.29, 0.717) is 12.1 Å². The molecule has 1 fully saturated rings. The van der Waals surface area contributed by atoms with Gasteiger partial charge in [0.2, 0.25) is 0 Å². The van der Waals surface area contributed by atoms with E-state index < -0.39 is 0 Å². The van der Waals surface area contributed by atoms with Crippen molar-refractivity contribution in [2.24, 2.45) is 5.92 Å². The van der Waals surface area contributed by atoms with Gasteiger partial charge in [-0.3, -0.25) is 9.48 Å². The number of hydrogen-bond acceptors (Lipinski definition) is 4. The van der Waals surface area contributed by atoms with E-state index in [0.717, 1.165) is 47.5 Å². The first-order valence-electron chi connectivity index (χ1n) is 10.6. The topological polar surface area (TPSA) is 63.1 Å². The first-order valence-corrected chi connectivity index (χ1v) is 10.6. The number of carbonyl (C=O) groups is 1. The molecule has 1 saturated heterocycles. The zero-order valence-electron chi connectivity index (χ0n) is 17.9. The molecule has 30 heavy (non-hydrogen) atoms. The van der Waals surface area contributed by atoms with E-state index in [1.165, 1.54) is 12.8 Å². The predicted octanol–water partition coefficient (Wildman–Crippen LogP) is 4.43. The van der Waals surface area contributed by atoms with Crippen LogP contribution in [-0.4, -0.2) is 33.8 Å². The molecule has 3 heterocycles. The Morgan fingerprint density at radius 3 is 2.60 bits per heavy atom. The number of anilines is 2. The van der Waals surface area contributed by atoms with Gasteiger partial charge in [-0.2, -0.15) is 5.10 Å². The second-order valence-corrected chi connectivity index (χ2v) is 8.31. The zero-order chi connectivity index (χ0) is 21.1. The molecule has 0 atom stereocenters. The fourth-order valence-electron chi connectivity index (χ4n) is 3.90. The summed E-state index contributed by atoms with van der Waals surface area (Å²) in [5, 5.41) is 7.50. The van der Waals surface area contributed by atoms with Gasteiger partial charge >= 0.3 is 0 Å². The molecule has 1 N–H and O–H groups in total. The van der Waals surface area contributed by atoms with Crippen molar-refractivity contribution in [3.63, 3.8) is 0 Å². The fraction of sp³-hybridized carbons (Fsp3) is 0.375. The molecule has 4 rings (SSSR count). The molecule has 0 spiro atoms. The van der Waals surface area contributed by atoms with Crippen molar-refractivity contribution in [3.8, 4) is 0 Å². The highest BCUT2D eigenvalue weighted by Gasteiger charge is 2.17. The Kier molecular flexibility index (Phi) is 5.84. The minimum atomic E-state index is -0.149. The maximum atomic E-state index is 12.7. The maximum Gasteiger partial charge on any atom is 0.257 e. The highest BCUT2D eigenvalue weighted by atomic mass is 16.1. The summed E-state index contributed by atoms with van der Waals surface area (Å²) in [6.45, 7) is 9.07. The summed E-state index contributed by atoms with van der Waals surface area (Å²) in [5.74, 6) is 1.58. The van der Waals surface area contributed by atoms with Crippen LogP contribution in [0.3, 0.4) is 0 Å². The molecule has 0 radical (unpaired) electrons. The van der Waals surface area contributed by atoms with Crippen molar-refractivity contribution in [2.45, 2.75) is 40.2 Å². The Morgan fingerprint density at radius 1 is 1.13 bits per heavy atom. The van der Waals surface area contributed by atoms with Crippen LogP contribution in [0.1, 0.15) is 47.1 Å². The second-order valence-electron chi connectivity index (χ2n) is 8.31. The molecule has 6 heteroatoms. The summed E-state index contributed by atoms with van der Waals surface area (Å²) in [5.41, 5.74) is 4.55. The smallest absolute Gasteiger partial charge is 0.257 e. The lowest BCUT2D eigenvalue weighted by atomic mass is 9.99. The first kappa shape index (κ1) is 20.1. The molecule has 0 bridgehead atoms. The van der Waals surface area contributed by atoms with Crippen molar-refractivity contribution in [3.05, 3.63) is 71.2 Å². The Morgan fingerprint density at radius 2 is 1.93 bits per heavy atom. The van der Waals surface area contributed by atoms with Gasteiger partial charge in [-0.05, 0) is 68.5 Å². The van der Waals surface area contributed by atoms with Gasteiger partial charge in [-0.1, -0.05) is 19.1 Å². The average Bonchev–Trinajstić information content (AvgIpc) is 3.05. The molecule has 1 aromatic carbocycles. The summed E-state index contributed by atoms with van der Waals surface area (Å²) in [6.07, 6.45) is 4.05. The van der Waals surface area contributed by atoms with Gasteiger partial charge in [0.15, 0.2) is 0 Å². The number of nitrogens with zero attached hydrogens (tertiary/aromatic N) is 4. The van der Waals surface area contributed by atoms with Gasteiger partial charge < -0.3 is 10.2 Å². The molecule has 2 aromatic heterocycles. The summed E-state index contributed by atoms with van der Waals surface area (Å²) < 4.78 is 1.97. The number of pyridine rings is 1. The van der Waals surface area contributed by atoms with E-state index in [-0.39, 0.29) is 5.91 Å². The van der Waals surface area contributed by atoms with Crippen LogP contribution in [0.2, 0.25) is 0 Å². The number of hydrogen-bond donors (Lipinski definition) is 1. The van der Waals surface area contributed by atoms with Gasteiger partial charge in [0.1, 0.15) is 5.82 Å². The van der Waals surface area contributed by atoms with E-state index in [1.54, 1.807) is 6.20 Å². The van der Waals surface area contributed by atoms with Gasteiger partial charge in [0.25, 0.3) is 5.91 Å². The van der Waals surface area contributed by atoms with E-state index in [2.05, 4.69) is 33.3 Å². The minimum absolute atomic E-state index is 0.149. The van der Waals surface area contributed by atoms with Crippen LogP contribution in [0, 0.1) is 19.8 Å². The summed E-state index contributed by atoms with van der Waals surface area (Å²) in [6, 6.07) is 13.8. The molecule has 0 saturated carbocycles. The molecule has 6 nitrogen and oxygen atoms in total. The van der Waals surface area contributed by atoms with Crippen molar-refractivity contribution in [1.82, 2.24) is 14.8 Å². The van der Waals surface area contributed by atoms with Gasteiger partial charge in [0.05, 0.1) is 17.8 Å². The highest BCUT2D eigenvalue weighted by molar-refractivity contribution is 6.04. The number of aryl methyl sites for hydroxylation is 2. The zero-order valence-corrected chi connectivity index (χ0v) is 17.9. The summed E-state index contributed by atoms with van der Waals surface area (Å²) >= 11 is 0. The molecule has 0 aliphatic carbocycles. The SMILES string of the molecule is Cc1cc(C)n(Cc2cccc(NC(=O)c3ccc(N4CCC(C)CC4)nc3)c2)n1. The van der Waals surface area contributed by atoms with E-state index >= 15 is 0 Å². The number of rotatable bonds is 5. The number of carbonyl (C=O) groups excluding carboxylic acids is 1. The van der Waals surface area contributed by atoms with E-state index in [4.69, 9.17) is 0 Å². The van der Waals surface area contributed by atoms with Crippen molar-refractivity contribution < 1.29 is 4.79 Å². The first-order chi connectivity index (χ1) is 14.5. The summed E-state index contributed by atoms with van der Waals surface area (Å²) in [4.78, 5) is 19.5. The largest absolute Gasteiger partial charge is 0.357 e. The Bertz CT molecular complexity index is 1020. The normalized spacial score (nSPS) is 14.7. The van der Waals surface area contributed by atoms with E-state index in [1.807, 2.05) is 54.9 Å². The lowest BCUT2D eigenvalue weighted by molar-refractivity contribution is 0.102. The van der Waals surface area contributed by atoms with Crippen LogP contribution >= 0.6 is 0 Å². The van der Waals surface area contributed by atoms with Crippen LogP contribution in [0.15, 0.2) is 48.7 Å². The Labute approximate surface area is 177 Å². The van der Waals surface area contributed by atoms with Crippen LogP contribution < -0.4 is 10.2 Å². The lowest BCUT2D eigenvalue weighted by Crippen LogP contribution is -2.33. The van der Waals surface area contributed by atoms with Gasteiger partial charge in [0, 0.05) is 30.7 Å². The molecule has 1 aliphatic heterocycles. The number of aromatic nitrogens is 3. The lowest BCUT2D eigenvalue weighted by Gasteiger charge is -2.31. The van der Waals surface area contributed by atoms with Crippen LogP contribution in [0.5, 0.6) is 0 Å². The average molecular weight is 404 g/mol. The standard InChI is InChI=1S/C24H29N5O/c1-17-9-11-28(12-10-17)23-8-7-21(15-25-23)24(30)26-22-6-4-5-20(14-22)16-29-19(3)13-18(2)27-29/h4-8,13-15,17H,9-12,16H2,1-3H3,(H,26,30). The molecule has 1 aliphatic rings. The molecule has 0 unspecified atom stereocenters. The number of nitrogens with one attached hydrogen (secondary N) is 1. The molecule has 156 valence electrons. The number of benzene rings is 1. The third kappa shape index (κ3) is 4.70. The van der Waals surface area contributed by atoms with Gasteiger partial charge in [-0.15, -0.1) is 0 Å². The highest BCUT2D eigenvalue weighted by Crippen LogP contribution is 2.21. The third-order valence-corrected chi connectivity index (χ3v) is 5.74. The number of piperidine rings is 1. The fourth-order valence-corrected chi connectivity index (χ4v) is 3.90. The van der Waals surface area contributed by atoms with Crippen LogP contribution in [0.4, 0.5) is 11.5 Å². The Balaban J connectivity index is 1.40. The van der Waals surface area contributed by atoms with Gasteiger partial charge in [-0.25, -0.2) is 4.98 Å². The molecular weight excluding hydrogens is 374 g/mol. The Hall–Kier alpha value is -3.15. The molecule has 3 aromatic rings. The van der Waals surface area contributed by atoms with Crippen LogP contribution in [0.25, 0.3) is 0 Å². The quantitative estimate of drug-likeness (QED) is 0.684. The number of amides is 1. The second kappa shape index (κ2) is 8.69. The van der Waals surface area contributed by atoms with Crippen LogP contribution in [-0.2, 0) is 6.54 Å². The minimum Gasteiger partial charge on any atom is -0.357 e. The van der Waals surface area contributed by atoms with Crippen molar-refractivity contribution in [2.75, 3.05) is 23.3 Å². The predicted molar refractivity (Wildman–Crippen MR) is 120 cm³/mol. The van der Waals surface area contributed by atoms with Crippen molar-refractivity contribution >= 4 is 17.4 Å². The third-order valence-electron chi connectivity index (χ3n) is 5.74. The maximum absolute atomic E-state index is 12.7.